The van der Waals surface area contributed by atoms with Gasteiger partial charge >= 0.3 is 0 Å². The quantitative estimate of drug-likeness (QED) is 0.0151. The van der Waals surface area contributed by atoms with Gasteiger partial charge in [-0.05, 0) is 93.0 Å². The van der Waals surface area contributed by atoms with Gasteiger partial charge in [0.2, 0.25) is 59.1 Å². The number of likely N-dealkylation sites (N-methyl/N-ethyl adjacent to an activating group) is 1. The van der Waals surface area contributed by atoms with Gasteiger partial charge in [-0.15, -0.1) is 0 Å². The number of carbonyl (C=O) groups excluding carboxylic acids is 10. The number of aromatic amines is 2. The Bertz CT molecular complexity index is 3050. The number of benzene rings is 2. The van der Waals surface area contributed by atoms with Crippen LogP contribution in [0.2, 0.25) is 0 Å². The minimum Gasteiger partial charge on any atom is -0.508 e. The predicted octanol–water partition coefficient (Wildman–Crippen LogP) is -1.44. The van der Waals surface area contributed by atoms with Crippen LogP contribution in [0.4, 0.5) is 0 Å². The van der Waals surface area contributed by atoms with Gasteiger partial charge in [-0.1, -0.05) is 58.0 Å². The number of nitrogens with one attached hydrogen (secondary N) is 11. The minimum absolute atomic E-state index is 0.0397. The molecule has 2 fully saturated rings. The summed E-state index contributed by atoms with van der Waals surface area (Å²) in [6, 6.07) is 1.58. The molecule has 9 atom stereocenters. The largest absolute Gasteiger partial charge is 0.508 e. The molecule has 87 heavy (non-hydrogen) atoms. The second kappa shape index (κ2) is 32.4. The first kappa shape index (κ1) is 67.1. The lowest BCUT2D eigenvalue weighted by molar-refractivity contribution is -0.142. The molecule has 0 spiro atoms. The maximum absolute atomic E-state index is 14.7. The number of rotatable bonds is 32. The average molecular weight is 1210 g/mol. The molecule has 0 unspecified atom stereocenters. The number of nitrogens with zero attached hydrogens (tertiary/aromatic N) is 3. The highest BCUT2D eigenvalue weighted by atomic mass is 16.3. The molecule has 2 aromatic carbocycles. The summed E-state index contributed by atoms with van der Waals surface area (Å²) >= 11 is 0. The van der Waals surface area contributed by atoms with E-state index in [1.165, 1.54) is 41.7 Å². The van der Waals surface area contributed by atoms with Gasteiger partial charge in [0.15, 0.2) is 5.96 Å². The molecule has 4 heterocycles. The van der Waals surface area contributed by atoms with Crippen LogP contribution in [-0.2, 0) is 67.2 Å². The Morgan fingerprint density at radius 1 is 0.701 bits per heavy atom. The number of likely N-dealkylation sites (tertiary alicyclic amines) is 1. The first-order valence-corrected chi connectivity index (χ1v) is 29.5. The molecule has 2 aliphatic rings. The van der Waals surface area contributed by atoms with Crippen molar-refractivity contribution >= 4 is 75.9 Å². The van der Waals surface area contributed by atoms with Crippen molar-refractivity contribution in [3.63, 3.8) is 0 Å². The first-order chi connectivity index (χ1) is 41.5. The fraction of sp³-hybridized carbons (Fsp3) is 0.525. The SMILES string of the molecule is CCNC(=O)[C@H]1CCCN1C(=O)[C@H](CCCN=C(N)N)NC(=O)[C@H](CC(C)C)NC(=O)[C@@H](CC(C)C)NC(=O)[C@H](Cc1ccc(O)cc1)NC(=O)[C@H](CO)NC(=O)[C@H](Cc1c[nH]c2ccccc12)NC(=O)[C@H](Cc1cnc[nH]1)NC(=O)[C@@H]1CCC(=O)N1. The number of guanidine groups is 1. The molecule has 10 amide bonds. The zero-order valence-electron chi connectivity index (χ0n) is 49.8. The number of phenols is 1. The molecule has 2 saturated heterocycles. The van der Waals surface area contributed by atoms with Gasteiger partial charge in [-0.25, -0.2) is 4.98 Å². The van der Waals surface area contributed by atoms with Crippen LogP contribution in [-0.4, -0.2) is 176 Å². The summed E-state index contributed by atoms with van der Waals surface area (Å²) in [5, 5.41) is 45.9. The number of para-hydroxylation sites is 1. The standard InChI is InChI=1S/C59H84N16O12/c1-6-63-57(86)48-14-10-22-75(48)58(87)41(13-9-21-64-59(60)61)68-51(80)42(23-32(2)3)69-52(81)43(24-33(4)5)70-53(82)44(25-34-15-17-37(77)18-16-34)71-56(85)47(30-76)74-54(83)45(26-35-28-65-39-12-8-7-11-38(35)39)72-55(84)46(27-36-29-62-31-66-36)73-50(79)40-19-20-49(78)67-40/h7-8,11-12,15-18,28-29,31-33,40-48,65,76-77H,6,9-10,13-14,19-27,30H2,1-5H3,(H,62,66)(H,63,86)(H,67,78)(H,68,80)(H,69,81)(H,70,82)(H,71,85)(H,72,84)(H,73,79)(H,74,83)(H4,60,61,64)/t40-,41-,42-,43+,44-,45-,46-,47-,48+/m0/s1. The van der Waals surface area contributed by atoms with Crippen LogP contribution in [0.3, 0.4) is 0 Å². The topological polar surface area (TPSA) is 432 Å². The Labute approximate surface area is 504 Å². The summed E-state index contributed by atoms with van der Waals surface area (Å²) in [6.45, 7) is 8.82. The Hall–Kier alpha value is -9.08. The zero-order valence-corrected chi connectivity index (χ0v) is 49.8. The average Bonchev–Trinajstić information content (AvgIpc) is 2.39. The van der Waals surface area contributed by atoms with Gasteiger partial charge in [-0.3, -0.25) is 52.9 Å². The number of aliphatic hydroxyl groups excluding tert-OH is 1. The van der Waals surface area contributed by atoms with Gasteiger partial charge < -0.3 is 84.4 Å². The molecule has 2 aromatic heterocycles. The monoisotopic (exact) mass is 1210 g/mol. The molecular weight excluding hydrogens is 1120 g/mol. The van der Waals surface area contributed by atoms with Crippen LogP contribution in [0.15, 0.2) is 72.2 Å². The molecule has 28 heteroatoms. The molecule has 4 aromatic rings. The number of hydrogen-bond acceptors (Lipinski definition) is 14. The van der Waals surface area contributed by atoms with E-state index in [0.717, 1.165) is 5.52 Å². The molecule has 17 N–H and O–H groups in total. The number of nitrogens with two attached hydrogens (primary N) is 2. The number of aliphatic imine (C=N–C) groups is 1. The number of phenolic OH excluding ortho intramolecular Hbond substituents is 1. The Morgan fingerprint density at radius 2 is 1.28 bits per heavy atom. The summed E-state index contributed by atoms with van der Waals surface area (Å²) in [5.74, 6) is -7.55. The highest BCUT2D eigenvalue weighted by molar-refractivity contribution is 5.99. The smallest absolute Gasteiger partial charge is 0.245 e. The van der Waals surface area contributed by atoms with Crippen LogP contribution in [0.5, 0.6) is 5.75 Å². The van der Waals surface area contributed by atoms with E-state index in [0.29, 0.717) is 41.6 Å². The summed E-state index contributed by atoms with van der Waals surface area (Å²) in [6.07, 6.45) is 5.80. The molecule has 0 aliphatic carbocycles. The van der Waals surface area contributed by atoms with Crippen molar-refractivity contribution in [3.05, 3.63) is 84.1 Å². The van der Waals surface area contributed by atoms with E-state index in [1.54, 1.807) is 45.2 Å². The second-order valence-corrected chi connectivity index (χ2v) is 22.8. The van der Waals surface area contributed by atoms with Gasteiger partial charge in [0, 0.05) is 74.3 Å². The van der Waals surface area contributed by atoms with E-state index < -0.39 is 108 Å². The molecule has 0 radical (unpaired) electrons. The number of carbonyl (C=O) groups is 10. The lowest BCUT2D eigenvalue weighted by atomic mass is 9.98. The van der Waals surface area contributed by atoms with Crippen LogP contribution in [0, 0.1) is 11.8 Å². The maximum Gasteiger partial charge on any atom is 0.245 e. The number of hydrogen-bond donors (Lipinski definition) is 15. The molecule has 0 saturated carbocycles. The normalized spacial score (nSPS) is 17.1. The molecular formula is C59H84N16O12. The molecule has 472 valence electrons. The summed E-state index contributed by atoms with van der Waals surface area (Å²) in [4.78, 5) is 155. The summed E-state index contributed by atoms with van der Waals surface area (Å²) in [7, 11) is 0. The van der Waals surface area contributed by atoms with Crippen molar-refractivity contribution in [1.82, 2.24) is 67.7 Å². The van der Waals surface area contributed by atoms with Crippen molar-refractivity contribution < 1.29 is 58.2 Å². The predicted molar refractivity (Wildman–Crippen MR) is 320 cm³/mol. The van der Waals surface area contributed by atoms with Crippen LogP contribution < -0.4 is 59.3 Å². The number of aliphatic hydroxyl groups is 1. The van der Waals surface area contributed by atoms with Crippen LogP contribution in [0.1, 0.15) is 103 Å². The highest BCUT2D eigenvalue weighted by Crippen LogP contribution is 2.22. The van der Waals surface area contributed by atoms with Gasteiger partial charge in [-0.2, -0.15) is 0 Å². The second-order valence-electron chi connectivity index (χ2n) is 22.8. The van der Waals surface area contributed by atoms with Gasteiger partial charge in [0.05, 0.1) is 12.9 Å². The third-order valence-electron chi connectivity index (χ3n) is 14.9. The van der Waals surface area contributed by atoms with E-state index in [4.69, 9.17) is 11.5 Å². The number of amides is 10. The van der Waals surface area contributed by atoms with Crippen LogP contribution >= 0.6 is 0 Å². The molecule has 2 aliphatic heterocycles. The lowest BCUT2D eigenvalue weighted by Gasteiger charge is -2.31. The molecule has 6 rings (SSSR count). The van der Waals surface area contributed by atoms with E-state index in [-0.39, 0.29) is 106 Å². The van der Waals surface area contributed by atoms with Crippen molar-refractivity contribution in [2.75, 3.05) is 26.2 Å². The minimum atomic E-state index is -1.75. The Balaban J connectivity index is 1.22. The Kier molecular flexibility index (Phi) is 25.0. The number of fused-ring (bicyclic) bond motifs is 1. The number of aromatic hydroxyl groups is 1. The van der Waals surface area contributed by atoms with Crippen molar-refractivity contribution in [2.24, 2.45) is 28.3 Å². The van der Waals surface area contributed by atoms with Gasteiger partial charge in [0.25, 0.3) is 0 Å². The molecule has 28 nitrogen and oxygen atoms in total. The molecule has 0 bridgehead atoms. The Morgan fingerprint density at radius 3 is 1.85 bits per heavy atom. The van der Waals surface area contributed by atoms with Crippen LogP contribution in [0.25, 0.3) is 10.9 Å². The van der Waals surface area contributed by atoms with Gasteiger partial charge in [0.1, 0.15) is 60.1 Å². The third kappa shape index (κ3) is 20.0. The summed E-state index contributed by atoms with van der Waals surface area (Å²) in [5.41, 5.74) is 13.3. The third-order valence-corrected chi connectivity index (χ3v) is 14.9. The zero-order chi connectivity index (χ0) is 63.3. The fourth-order valence-electron chi connectivity index (χ4n) is 10.5. The van der Waals surface area contributed by atoms with Crippen molar-refractivity contribution in [2.45, 2.75) is 160 Å². The number of H-pyrrole nitrogens is 2. The highest BCUT2D eigenvalue weighted by Gasteiger charge is 2.40. The van der Waals surface area contributed by atoms with Crippen molar-refractivity contribution in [1.29, 1.82) is 0 Å². The maximum atomic E-state index is 14.7. The van der Waals surface area contributed by atoms with E-state index in [9.17, 15) is 58.2 Å². The van der Waals surface area contributed by atoms with E-state index >= 15 is 0 Å². The summed E-state index contributed by atoms with van der Waals surface area (Å²) < 4.78 is 0. The van der Waals surface area contributed by atoms with E-state index in [1.807, 2.05) is 19.9 Å². The van der Waals surface area contributed by atoms with E-state index in [2.05, 4.69) is 67.8 Å². The lowest BCUT2D eigenvalue weighted by Crippen LogP contribution is -2.61. The first-order valence-electron chi connectivity index (χ1n) is 29.5. The number of aromatic nitrogens is 3. The number of imidazole rings is 1. The fourth-order valence-corrected chi connectivity index (χ4v) is 10.5. The van der Waals surface area contributed by atoms with Crippen molar-refractivity contribution in [3.8, 4) is 5.75 Å².